The minimum absolute atomic E-state index is 0.137. The van der Waals surface area contributed by atoms with Crippen molar-refractivity contribution in [1.82, 2.24) is 0 Å². The maximum Gasteiger partial charge on any atom is 0.459 e. The zero-order chi connectivity index (χ0) is 16.5. The summed E-state index contributed by atoms with van der Waals surface area (Å²) in [4.78, 5) is 0. The topological polar surface area (TPSA) is 29.5 Å². The predicted octanol–water partition coefficient (Wildman–Crippen LogP) is 3.95. The molecule has 0 saturated carbocycles. The molecule has 21 heavy (non-hydrogen) atoms. The Morgan fingerprint density at radius 3 is 2.14 bits per heavy atom. The maximum atomic E-state index is 13.2. The molecule has 0 heterocycles. The standard InChI is InChI=1S/C12H11F7O2/c1-21-8-4-2-3-7(5-8)9(20)6-10(13,14)11(15,16)12(17,18)19/h2-5,9,20H,6H2,1H3. The Labute approximate surface area is 115 Å². The minimum Gasteiger partial charge on any atom is -0.497 e. The summed E-state index contributed by atoms with van der Waals surface area (Å²) in [6.45, 7) is 0. The van der Waals surface area contributed by atoms with Crippen LogP contribution in [0.25, 0.3) is 0 Å². The first kappa shape index (κ1) is 17.5. The smallest absolute Gasteiger partial charge is 0.459 e. The molecule has 1 N–H and O–H groups in total. The van der Waals surface area contributed by atoms with Crippen LogP contribution in [0.4, 0.5) is 30.7 Å². The molecule has 1 rings (SSSR count). The third-order valence-electron chi connectivity index (χ3n) is 2.74. The normalized spacial score (nSPS) is 14.9. The first-order valence-corrected chi connectivity index (χ1v) is 5.57. The molecule has 1 aromatic carbocycles. The van der Waals surface area contributed by atoms with E-state index in [1.807, 2.05) is 0 Å². The van der Waals surface area contributed by atoms with Crippen LogP contribution in [-0.2, 0) is 0 Å². The number of hydrogen-bond acceptors (Lipinski definition) is 2. The number of hydrogen-bond donors (Lipinski definition) is 1. The molecule has 9 heteroatoms. The van der Waals surface area contributed by atoms with Crippen LogP contribution in [0.3, 0.4) is 0 Å². The summed E-state index contributed by atoms with van der Waals surface area (Å²) in [5.74, 6) is -11.6. The zero-order valence-electron chi connectivity index (χ0n) is 10.6. The van der Waals surface area contributed by atoms with Crippen LogP contribution in [0, 0.1) is 0 Å². The molecule has 0 radical (unpaired) electrons. The van der Waals surface area contributed by atoms with E-state index in [-0.39, 0.29) is 11.3 Å². The molecule has 120 valence electrons. The van der Waals surface area contributed by atoms with Crippen LogP contribution in [0.15, 0.2) is 24.3 Å². The van der Waals surface area contributed by atoms with Crippen molar-refractivity contribution in [1.29, 1.82) is 0 Å². The highest BCUT2D eigenvalue weighted by Gasteiger charge is 2.72. The lowest BCUT2D eigenvalue weighted by molar-refractivity contribution is -0.358. The van der Waals surface area contributed by atoms with Crippen molar-refractivity contribution in [2.24, 2.45) is 0 Å². The van der Waals surface area contributed by atoms with Crippen molar-refractivity contribution < 1.29 is 40.6 Å². The van der Waals surface area contributed by atoms with Gasteiger partial charge in [-0.2, -0.15) is 30.7 Å². The van der Waals surface area contributed by atoms with Crippen LogP contribution < -0.4 is 4.74 Å². The number of benzene rings is 1. The quantitative estimate of drug-likeness (QED) is 0.833. The summed E-state index contributed by atoms with van der Waals surface area (Å²) in [7, 11) is 1.23. The fourth-order valence-corrected chi connectivity index (χ4v) is 1.55. The maximum absolute atomic E-state index is 13.2. The third-order valence-corrected chi connectivity index (χ3v) is 2.74. The van der Waals surface area contributed by atoms with E-state index in [4.69, 9.17) is 4.74 Å². The van der Waals surface area contributed by atoms with Gasteiger partial charge in [-0.05, 0) is 17.7 Å². The average Bonchev–Trinajstić information content (AvgIpc) is 2.36. The van der Waals surface area contributed by atoms with Gasteiger partial charge in [0.15, 0.2) is 0 Å². The first-order valence-electron chi connectivity index (χ1n) is 5.57. The van der Waals surface area contributed by atoms with Crippen LogP contribution in [0.5, 0.6) is 5.75 Å². The number of rotatable bonds is 5. The van der Waals surface area contributed by atoms with E-state index in [0.29, 0.717) is 0 Å². The fraction of sp³-hybridized carbons (Fsp3) is 0.500. The van der Waals surface area contributed by atoms with Crippen LogP contribution in [0.2, 0.25) is 0 Å². The molecule has 2 nitrogen and oxygen atoms in total. The van der Waals surface area contributed by atoms with Gasteiger partial charge < -0.3 is 9.84 Å². The summed E-state index contributed by atoms with van der Waals surface area (Å²) in [6, 6.07) is 4.83. The Morgan fingerprint density at radius 2 is 1.67 bits per heavy atom. The molecule has 0 aliphatic rings. The summed E-state index contributed by atoms with van der Waals surface area (Å²) in [6.07, 6.45) is -10.7. The van der Waals surface area contributed by atoms with Crippen molar-refractivity contribution >= 4 is 0 Å². The molecular weight excluding hydrogens is 309 g/mol. The number of methoxy groups -OCH3 is 1. The largest absolute Gasteiger partial charge is 0.497 e. The van der Waals surface area contributed by atoms with Gasteiger partial charge in [0.1, 0.15) is 5.75 Å². The minimum atomic E-state index is -6.41. The number of alkyl halides is 7. The number of aliphatic hydroxyl groups is 1. The summed E-state index contributed by atoms with van der Waals surface area (Å²) < 4.78 is 92.4. The van der Waals surface area contributed by atoms with Gasteiger partial charge in [0, 0.05) is 6.42 Å². The Hall–Kier alpha value is -1.51. The highest BCUT2D eigenvalue weighted by Crippen LogP contribution is 2.49. The highest BCUT2D eigenvalue weighted by atomic mass is 19.4. The van der Waals surface area contributed by atoms with Crippen molar-refractivity contribution in [2.75, 3.05) is 7.11 Å². The van der Waals surface area contributed by atoms with E-state index in [9.17, 15) is 35.8 Å². The zero-order valence-corrected chi connectivity index (χ0v) is 10.6. The van der Waals surface area contributed by atoms with Gasteiger partial charge in [0.05, 0.1) is 13.2 Å². The predicted molar refractivity (Wildman–Crippen MR) is 58.5 cm³/mol. The van der Waals surface area contributed by atoms with Gasteiger partial charge >= 0.3 is 18.0 Å². The lowest BCUT2D eigenvalue weighted by atomic mass is 9.98. The van der Waals surface area contributed by atoms with E-state index in [2.05, 4.69) is 0 Å². The lowest BCUT2D eigenvalue weighted by Crippen LogP contribution is -2.52. The van der Waals surface area contributed by atoms with Gasteiger partial charge in [-0.15, -0.1) is 0 Å². The molecule has 1 atom stereocenters. The molecule has 0 amide bonds. The second-order valence-corrected chi connectivity index (χ2v) is 4.27. The lowest BCUT2D eigenvalue weighted by Gasteiger charge is -2.29. The molecule has 0 spiro atoms. The van der Waals surface area contributed by atoms with Gasteiger partial charge in [-0.3, -0.25) is 0 Å². The molecule has 0 bridgehead atoms. The van der Waals surface area contributed by atoms with E-state index >= 15 is 0 Å². The van der Waals surface area contributed by atoms with E-state index < -0.39 is 30.5 Å². The van der Waals surface area contributed by atoms with E-state index in [1.165, 1.54) is 19.2 Å². The summed E-state index contributed by atoms with van der Waals surface area (Å²) in [5, 5.41) is 9.47. The Morgan fingerprint density at radius 1 is 1.10 bits per heavy atom. The number of aliphatic hydroxyl groups excluding tert-OH is 1. The fourth-order valence-electron chi connectivity index (χ4n) is 1.55. The van der Waals surface area contributed by atoms with Gasteiger partial charge in [-0.1, -0.05) is 12.1 Å². The molecule has 0 aliphatic heterocycles. The van der Waals surface area contributed by atoms with Crippen molar-refractivity contribution in [3.63, 3.8) is 0 Å². The molecule has 0 aliphatic carbocycles. The molecular formula is C12H11F7O2. The van der Waals surface area contributed by atoms with Crippen LogP contribution in [-0.4, -0.2) is 30.2 Å². The van der Waals surface area contributed by atoms with Crippen molar-refractivity contribution in [2.45, 2.75) is 30.5 Å². The van der Waals surface area contributed by atoms with Gasteiger partial charge in [0.2, 0.25) is 0 Å². The molecule has 0 saturated heterocycles. The molecule has 0 fully saturated rings. The molecule has 0 aromatic heterocycles. The van der Waals surface area contributed by atoms with Gasteiger partial charge in [-0.25, -0.2) is 0 Å². The van der Waals surface area contributed by atoms with Crippen LogP contribution >= 0.6 is 0 Å². The van der Waals surface area contributed by atoms with Gasteiger partial charge in [0.25, 0.3) is 0 Å². The SMILES string of the molecule is COc1cccc(C(O)CC(F)(F)C(F)(F)C(F)(F)F)c1. The second kappa shape index (κ2) is 5.70. The Bertz CT molecular complexity index is 485. The summed E-state index contributed by atoms with van der Waals surface area (Å²) in [5.41, 5.74) is -0.257. The Balaban J connectivity index is 2.97. The van der Waals surface area contributed by atoms with E-state index in [1.54, 1.807) is 0 Å². The number of ether oxygens (including phenoxy) is 1. The molecule has 1 unspecified atom stereocenters. The monoisotopic (exact) mass is 320 g/mol. The molecule has 1 aromatic rings. The first-order chi connectivity index (χ1) is 9.42. The number of halogens is 7. The average molecular weight is 320 g/mol. The summed E-state index contributed by atoms with van der Waals surface area (Å²) >= 11 is 0. The van der Waals surface area contributed by atoms with Crippen LogP contribution in [0.1, 0.15) is 18.1 Å². The second-order valence-electron chi connectivity index (χ2n) is 4.27. The van der Waals surface area contributed by atoms with Crippen molar-refractivity contribution in [3.8, 4) is 5.75 Å². The Kier molecular flexibility index (Phi) is 4.76. The third kappa shape index (κ3) is 3.58. The highest BCUT2D eigenvalue weighted by molar-refractivity contribution is 5.30. The van der Waals surface area contributed by atoms with Crippen molar-refractivity contribution in [3.05, 3.63) is 29.8 Å². The van der Waals surface area contributed by atoms with E-state index in [0.717, 1.165) is 12.1 Å².